The Bertz CT molecular complexity index is 935. The number of carbonyl (C=O) groups is 2. The summed E-state index contributed by atoms with van der Waals surface area (Å²) in [6.07, 6.45) is 2.17. The number of aryl methyl sites for hydroxylation is 1. The molecule has 26 heavy (non-hydrogen) atoms. The van der Waals surface area contributed by atoms with E-state index in [1.54, 1.807) is 24.4 Å². The van der Waals surface area contributed by atoms with Crippen molar-refractivity contribution in [2.75, 3.05) is 0 Å². The van der Waals surface area contributed by atoms with E-state index in [1.807, 2.05) is 24.3 Å². The number of aromatic nitrogens is 1. The molecule has 0 saturated carbocycles. The molecule has 5 nitrogen and oxygen atoms in total. The number of hydrogen-bond donors (Lipinski definition) is 3. The minimum atomic E-state index is -1.10. The fourth-order valence-corrected chi connectivity index (χ4v) is 2.94. The molecule has 6 heteroatoms. The molecule has 0 spiro atoms. The van der Waals surface area contributed by atoms with Crippen LogP contribution in [-0.4, -0.2) is 28.0 Å². The molecule has 1 amide bonds. The fraction of sp³-hybridized carbons (Fsp3) is 0.200. The Balaban J connectivity index is 1.64. The van der Waals surface area contributed by atoms with Crippen LogP contribution in [-0.2, 0) is 22.4 Å². The number of rotatable bonds is 7. The minimum absolute atomic E-state index is 0.0264. The van der Waals surface area contributed by atoms with Crippen LogP contribution in [0.4, 0.5) is 4.39 Å². The average Bonchev–Trinajstić information content (AvgIpc) is 3.03. The molecule has 1 heterocycles. The molecule has 0 aliphatic heterocycles. The second kappa shape index (κ2) is 7.82. The van der Waals surface area contributed by atoms with Crippen molar-refractivity contribution in [3.63, 3.8) is 0 Å². The Morgan fingerprint density at radius 1 is 1.08 bits per heavy atom. The summed E-state index contributed by atoms with van der Waals surface area (Å²) in [5.41, 5.74) is 2.17. The third-order valence-electron chi connectivity index (χ3n) is 4.31. The molecule has 3 N–H and O–H groups in total. The van der Waals surface area contributed by atoms with E-state index in [4.69, 9.17) is 0 Å². The van der Waals surface area contributed by atoms with Gasteiger partial charge in [0.2, 0.25) is 5.91 Å². The van der Waals surface area contributed by atoms with Gasteiger partial charge in [-0.25, -0.2) is 9.18 Å². The predicted octanol–water partition coefficient (Wildman–Crippen LogP) is 3.05. The van der Waals surface area contributed by atoms with E-state index in [0.717, 1.165) is 16.5 Å². The summed E-state index contributed by atoms with van der Waals surface area (Å²) in [6.45, 7) is 0. The summed E-state index contributed by atoms with van der Waals surface area (Å²) in [4.78, 5) is 26.8. The number of benzene rings is 2. The van der Waals surface area contributed by atoms with Gasteiger partial charge in [0.1, 0.15) is 11.9 Å². The second-order valence-electron chi connectivity index (χ2n) is 6.11. The first-order valence-electron chi connectivity index (χ1n) is 8.35. The topological polar surface area (TPSA) is 82.2 Å². The monoisotopic (exact) mass is 354 g/mol. The molecule has 0 radical (unpaired) electrons. The number of carboxylic acid groups (broad SMARTS) is 1. The lowest BCUT2D eigenvalue weighted by molar-refractivity contribution is -0.141. The van der Waals surface area contributed by atoms with E-state index in [9.17, 15) is 19.1 Å². The molecule has 3 rings (SSSR count). The van der Waals surface area contributed by atoms with Crippen molar-refractivity contribution in [2.24, 2.45) is 0 Å². The van der Waals surface area contributed by atoms with E-state index in [0.29, 0.717) is 5.56 Å². The summed E-state index contributed by atoms with van der Waals surface area (Å²) >= 11 is 0. The highest BCUT2D eigenvalue weighted by atomic mass is 19.1. The Morgan fingerprint density at radius 3 is 2.58 bits per heavy atom. The van der Waals surface area contributed by atoms with Crippen LogP contribution >= 0.6 is 0 Å². The lowest BCUT2D eigenvalue weighted by Crippen LogP contribution is -2.42. The summed E-state index contributed by atoms with van der Waals surface area (Å²) in [5, 5.41) is 12.9. The number of amides is 1. The number of aromatic amines is 1. The standard InChI is InChI=1S/C20H19FN2O3/c21-16-7-3-1-5-13(16)9-10-19(24)23-18(20(25)26)11-14-12-22-17-8-4-2-6-15(14)17/h1-8,12,18,22H,9-11H2,(H,23,24)(H,25,26). The Morgan fingerprint density at radius 2 is 1.81 bits per heavy atom. The Labute approximate surface area is 149 Å². The molecule has 1 aromatic heterocycles. The summed E-state index contributed by atoms with van der Waals surface area (Å²) < 4.78 is 13.6. The van der Waals surface area contributed by atoms with Gasteiger partial charge in [-0.15, -0.1) is 0 Å². The number of para-hydroxylation sites is 1. The Kier molecular flexibility index (Phi) is 5.31. The smallest absolute Gasteiger partial charge is 0.326 e. The molecule has 1 atom stereocenters. The van der Waals surface area contributed by atoms with Gasteiger partial charge in [-0.1, -0.05) is 36.4 Å². The number of halogens is 1. The van der Waals surface area contributed by atoms with Gasteiger partial charge < -0.3 is 15.4 Å². The molecule has 2 aromatic carbocycles. The normalized spacial score (nSPS) is 12.0. The van der Waals surface area contributed by atoms with Crippen LogP contribution in [0.2, 0.25) is 0 Å². The van der Waals surface area contributed by atoms with Gasteiger partial charge in [0, 0.05) is 29.9 Å². The third-order valence-corrected chi connectivity index (χ3v) is 4.31. The largest absolute Gasteiger partial charge is 0.480 e. The van der Waals surface area contributed by atoms with Crippen LogP contribution in [0.3, 0.4) is 0 Å². The molecule has 3 aromatic rings. The maximum absolute atomic E-state index is 13.6. The van der Waals surface area contributed by atoms with Crippen LogP contribution in [0.1, 0.15) is 17.5 Å². The van der Waals surface area contributed by atoms with Crippen molar-refractivity contribution in [2.45, 2.75) is 25.3 Å². The van der Waals surface area contributed by atoms with Crippen LogP contribution in [0.15, 0.2) is 54.7 Å². The molecule has 0 bridgehead atoms. The van der Waals surface area contributed by atoms with Gasteiger partial charge in [-0.2, -0.15) is 0 Å². The zero-order valence-electron chi connectivity index (χ0n) is 14.0. The number of nitrogens with one attached hydrogen (secondary N) is 2. The van der Waals surface area contributed by atoms with Crippen LogP contribution < -0.4 is 5.32 Å². The second-order valence-corrected chi connectivity index (χ2v) is 6.11. The predicted molar refractivity (Wildman–Crippen MR) is 96.3 cm³/mol. The van der Waals surface area contributed by atoms with E-state index in [-0.39, 0.29) is 25.1 Å². The lowest BCUT2D eigenvalue weighted by atomic mass is 10.0. The zero-order chi connectivity index (χ0) is 18.5. The maximum Gasteiger partial charge on any atom is 0.326 e. The van der Waals surface area contributed by atoms with Crippen molar-refractivity contribution in [1.29, 1.82) is 0 Å². The van der Waals surface area contributed by atoms with Crippen molar-refractivity contribution in [1.82, 2.24) is 10.3 Å². The van der Waals surface area contributed by atoms with Gasteiger partial charge in [0.05, 0.1) is 0 Å². The van der Waals surface area contributed by atoms with Crippen molar-refractivity contribution in [3.8, 4) is 0 Å². The van der Waals surface area contributed by atoms with E-state index < -0.39 is 17.9 Å². The van der Waals surface area contributed by atoms with E-state index >= 15 is 0 Å². The summed E-state index contributed by atoms with van der Waals surface area (Å²) in [7, 11) is 0. The highest BCUT2D eigenvalue weighted by Crippen LogP contribution is 2.19. The average molecular weight is 354 g/mol. The first-order chi connectivity index (χ1) is 12.5. The van der Waals surface area contributed by atoms with Crippen molar-refractivity contribution >= 4 is 22.8 Å². The molecule has 0 aliphatic rings. The quantitative estimate of drug-likeness (QED) is 0.610. The molecule has 1 unspecified atom stereocenters. The zero-order valence-corrected chi connectivity index (χ0v) is 14.0. The van der Waals surface area contributed by atoms with Crippen LogP contribution in [0, 0.1) is 5.82 Å². The first kappa shape index (κ1) is 17.7. The van der Waals surface area contributed by atoms with E-state index in [2.05, 4.69) is 10.3 Å². The van der Waals surface area contributed by atoms with Crippen molar-refractivity contribution < 1.29 is 19.1 Å². The number of carboxylic acids is 1. The highest BCUT2D eigenvalue weighted by Gasteiger charge is 2.21. The SMILES string of the molecule is O=C(CCc1ccccc1F)NC(Cc1c[nH]c2ccccc12)C(=O)O. The molecule has 134 valence electrons. The minimum Gasteiger partial charge on any atom is -0.480 e. The van der Waals surface area contributed by atoms with Crippen LogP contribution in [0.5, 0.6) is 0 Å². The fourth-order valence-electron chi connectivity index (χ4n) is 2.94. The molecule has 0 saturated heterocycles. The molecule has 0 aliphatic carbocycles. The van der Waals surface area contributed by atoms with Gasteiger partial charge in [0.25, 0.3) is 0 Å². The van der Waals surface area contributed by atoms with Gasteiger partial charge in [-0.3, -0.25) is 4.79 Å². The third kappa shape index (κ3) is 4.08. The highest BCUT2D eigenvalue weighted by molar-refractivity contribution is 5.86. The number of aliphatic carboxylic acids is 1. The molecular formula is C20H19FN2O3. The van der Waals surface area contributed by atoms with Crippen LogP contribution in [0.25, 0.3) is 10.9 Å². The van der Waals surface area contributed by atoms with Gasteiger partial charge in [-0.05, 0) is 29.7 Å². The summed E-state index contributed by atoms with van der Waals surface area (Å²) in [5.74, 6) is -1.89. The maximum atomic E-state index is 13.6. The summed E-state index contributed by atoms with van der Waals surface area (Å²) in [6, 6.07) is 12.8. The van der Waals surface area contributed by atoms with Crippen molar-refractivity contribution in [3.05, 3.63) is 71.7 Å². The van der Waals surface area contributed by atoms with E-state index in [1.165, 1.54) is 6.07 Å². The Hall–Kier alpha value is -3.15. The van der Waals surface area contributed by atoms with Gasteiger partial charge in [0.15, 0.2) is 0 Å². The number of carbonyl (C=O) groups excluding carboxylic acids is 1. The number of fused-ring (bicyclic) bond motifs is 1. The number of H-pyrrole nitrogens is 1. The first-order valence-corrected chi connectivity index (χ1v) is 8.35. The lowest BCUT2D eigenvalue weighted by Gasteiger charge is -2.14. The number of hydrogen-bond acceptors (Lipinski definition) is 2. The van der Waals surface area contributed by atoms with Gasteiger partial charge >= 0.3 is 5.97 Å². The molecular weight excluding hydrogens is 335 g/mol. The molecule has 0 fully saturated rings.